The summed E-state index contributed by atoms with van der Waals surface area (Å²) in [5.74, 6) is -3.98. The molecule has 6 nitrogen and oxygen atoms in total. The van der Waals surface area contributed by atoms with Gasteiger partial charge >= 0.3 is 17.4 Å². The Balaban J connectivity index is -0.0000000655. The van der Waals surface area contributed by atoms with E-state index in [9.17, 15) is 29.7 Å². The molecule has 16 heavy (non-hydrogen) atoms. The Bertz CT molecular complexity index is 167. The predicted octanol–water partition coefficient (Wildman–Crippen LogP) is -4.38. The second-order valence-corrected chi connectivity index (χ2v) is 2.54. The number of carbonyl (C=O) groups is 3. The zero-order valence-electron chi connectivity index (χ0n) is 7.99. The van der Waals surface area contributed by atoms with Crippen molar-refractivity contribution >= 4 is 73.2 Å². The molecule has 0 rings (SSSR count). The van der Waals surface area contributed by atoms with Gasteiger partial charge in [0.1, 0.15) is 0 Å². The zero-order valence-corrected chi connectivity index (χ0v) is 11.8. The fourth-order valence-electron chi connectivity index (χ4n) is 0. The number of carboxylic acid groups (broad SMARTS) is 3. The van der Waals surface area contributed by atoms with Crippen molar-refractivity contribution < 1.29 is 29.7 Å². The van der Waals surface area contributed by atoms with Crippen molar-refractivity contribution in [3.8, 4) is 0 Å². The van der Waals surface area contributed by atoms with Crippen LogP contribution in [0.3, 0.4) is 0 Å². The molecule has 0 heterocycles. The predicted molar refractivity (Wildman–Crippen MR) is 62.3 cm³/mol. The number of rotatable bonds is 3. The monoisotopic (exact) mass is 300 g/mol. The molecule has 0 aliphatic heterocycles. The first-order valence-corrected chi connectivity index (χ1v) is 5.13. The van der Waals surface area contributed by atoms with Crippen LogP contribution in [-0.2, 0) is 14.4 Å². The number of carbonyl (C=O) groups excluding carboxylic acids is 3. The van der Waals surface area contributed by atoms with E-state index in [-0.39, 0.29) is 34.6 Å². The van der Waals surface area contributed by atoms with Crippen LogP contribution >= 0.6 is 37.9 Å². The van der Waals surface area contributed by atoms with E-state index in [0.717, 1.165) is 0 Å². The molecule has 0 N–H and O–H groups in total. The number of hydrogen-bond acceptors (Lipinski definition) is 9. The second-order valence-electron chi connectivity index (χ2n) is 1.59. The van der Waals surface area contributed by atoms with Crippen molar-refractivity contribution in [1.29, 1.82) is 0 Å². The van der Waals surface area contributed by atoms with Crippen molar-refractivity contribution in [1.82, 2.24) is 0 Å². The van der Waals surface area contributed by atoms with Crippen molar-refractivity contribution in [2.75, 3.05) is 17.3 Å². The Kier molecular flexibility index (Phi) is 31.9. The van der Waals surface area contributed by atoms with Crippen LogP contribution in [-0.4, -0.2) is 52.5 Å². The molecular formula is C6H9AlO6S3. The fraction of sp³-hybridized carbons (Fsp3) is 0.500. The second kappa shape index (κ2) is 20.4. The molecule has 0 fully saturated rings. The molecule has 0 bridgehead atoms. The first kappa shape index (κ1) is 25.0. The summed E-state index contributed by atoms with van der Waals surface area (Å²) in [6.45, 7) is 0. The minimum absolute atomic E-state index is 0. The number of aliphatic carboxylic acids is 3. The number of carboxylic acids is 3. The summed E-state index contributed by atoms with van der Waals surface area (Å²) >= 11 is 10.1. The quantitative estimate of drug-likeness (QED) is 0.358. The summed E-state index contributed by atoms with van der Waals surface area (Å²) in [5, 5.41) is 27.5. The third-order valence-electron chi connectivity index (χ3n) is 0.387. The van der Waals surface area contributed by atoms with Gasteiger partial charge in [-0.2, -0.15) is 37.9 Å². The molecule has 0 radical (unpaired) electrons. The van der Waals surface area contributed by atoms with Gasteiger partial charge in [0.2, 0.25) is 0 Å². The van der Waals surface area contributed by atoms with Crippen LogP contribution in [0.2, 0.25) is 0 Å². The maximum atomic E-state index is 9.18. The molecule has 0 atom stereocenters. The smallest absolute Gasteiger partial charge is 0.549 e. The normalized spacial score (nSPS) is 6.94. The molecule has 0 aliphatic carbocycles. The molecule has 0 aliphatic rings. The van der Waals surface area contributed by atoms with Crippen LogP contribution in [0.15, 0.2) is 0 Å². The summed E-state index contributed by atoms with van der Waals surface area (Å²) in [7, 11) is 0. The Labute approximate surface area is 120 Å². The van der Waals surface area contributed by atoms with Crippen molar-refractivity contribution in [2.24, 2.45) is 0 Å². The maximum absolute atomic E-state index is 9.18. The first-order chi connectivity index (χ1) is 6.81. The number of hydrogen-bond donors (Lipinski definition) is 3. The van der Waals surface area contributed by atoms with E-state index in [1.165, 1.54) is 0 Å². The van der Waals surface area contributed by atoms with Crippen LogP contribution in [0.5, 0.6) is 0 Å². The standard InChI is InChI=1S/3C2H4O2S.Al/c3*3-2(4)1-5;/h3*5H,1H2,(H,3,4);/q;;;+3/p-3. The average molecular weight is 300 g/mol. The van der Waals surface area contributed by atoms with Crippen molar-refractivity contribution in [3.63, 3.8) is 0 Å². The SMILES string of the molecule is O=C([O-])CS.O=C([O-])CS.O=C([O-])CS.[Al+3]. The first-order valence-electron chi connectivity index (χ1n) is 3.23. The van der Waals surface area contributed by atoms with E-state index in [2.05, 4.69) is 37.9 Å². The van der Waals surface area contributed by atoms with Crippen LogP contribution in [0.1, 0.15) is 0 Å². The molecule has 0 unspecified atom stereocenters. The Hall–Kier alpha value is -0.00753. The van der Waals surface area contributed by atoms with Crippen LogP contribution in [0.4, 0.5) is 0 Å². The van der Waals surface area contributed by atoms with Gasteiger partial charge in [0.05, 0.1) is 17.9 Å². The van der Waals surface area contributed by atoms with Gasteiger partial charge in [-0.1, -0.05) is 0 Å². The Morgan fingerprint density at radius 1 is 0.688 bits per heavy atom. The van der Waals surface area contributed by atoms with Gasteiger partial charge < -0.3 is 29.7 Å². The van der Waals surface area contributed by atoms with Crippen molar-refractivity contribution in [3.05, 3.63) is 0 Å². The van der Waals surface area contributed by atoms with Crippen molar-refractivity contribution in [2.45, 2.75) is 0 Å². The molecule has 0 amide bonds. The molecule has 0 spiro atoms. The molecular weight excluding hydrogens is 291 g/mol. The van der Waals surface area contributed by atoms with E-state index >= 15 is 0 Å². The summed E-state index contributed by atoms with van der Waals surface area (Å²) in [6.07, 6.45) is 0. The van der Waals surface area contributed by atoms with E-state index < -0.39 is 17.9 Å². The molecule has 0 aromatic rings. The third-order valence-corrected chi connectivity index (χ3v) is 1.16. The Morgan fingerprint density at radius 2 is 0.750 bits per heavy atom. The van der Waals surface area contributed by atoms with E-state index in [4.69, 9.17) is 0 Å². The molecule has 10 heteroatoms. The average Bonchev–Trinajstić information content (AvgIpc) is 2.19. The molecule has 90 valence electrons. The zero-order chi connectivity index (χ0) is 12.9. The Morgan fingerprint density at radius 3 is 0.750 bits per heavy atom. The number of thiol groups is 3. The van der Waals surface area contributed by atoms with Crippen LogP contribution in [0, 0.1) is 0 Å². The molecule has 0 saturated carbocycles. The summed E-state index contributed by atoms with van der Waals surface area (Å²) in [4.78, 5) is 27.5. The summed E-state index contributed by atoms with van der Waals surface area (Å²) in [6, 6.07) is 0. The minimum Gasteiger partial charge on any atom is -0.549 e. The van der Waals surface area contributed by atoms with Gasteiger partial charge in [-0.05, 0) is 0 Å². The maximum Gasteiger partial charge on any atom is 3.00 e. The van der Waals surface area contributed by atoms with E-state index in [1.54, 1.807) is 0 Å². The largest absolute Gasteiger partial charge is 3.00 e. The third kappa shape index (κ3) is 65.8. The topological polar surface area (TPSA) is 120 Å². The van der Waals surface area contributed by atoms with E-state index in [1.807, 2.05) is 0 Å². The van der Waals surface area contributed by atoms with Gasteiger partial charge in [0.15, 0.2) is 0 Å². The fourth-order valence-corrected chi connectivity index (χ4v) is 0. The van der Waals surface area contributed by atoms with Gasteiger partial charge in [0.25, 0.3) is 0 Å². The summed E-state index contributed by atoms with van der Waals surface area (Å²) in [5.41, 5.74) is 0. The van der Waals surface area contributed by atoms with Gasteiger partial charge in [-0.3, -0.25) is 0 Å². The molecule has 0 aromatic heterocycles. The van der Waals surface area contributed by atoms with E-state index in [0.29, 0.717) is 0 Å². The van der Waals surface area contributed by atoms with Gasteiger partial charge in [-0.25, -0.2) is 0 Å². The van der Waals surface area contributed by atoms with Gasteiger partial charge in [0, 0.05) is 17.3 Å². The van der Waals surface area contributed by atoms with Crippen LogP contribution in [0.25, 0.3) is 0 Å². The minimum atomic E-state index is -1.13. The van der Waals surface area contributed by atoms with Crippen LogP contribution < -0.4 is 15.3 Å². The molecule has 0 saturated heterocycles. The van der Waals surface area contributed by atoms with Gasteiger partial charge in [-0.15, -0.1) is 0 Å². The molecule has 0 aromatic carbocycles. The summed E-state index contributed by atoms with van der Waals surface area (Å²) < 4.78 is 0.